The van der Waals surface area contributed by atoms with Crippen molar-refractivity contribution in [3.8, 4) is 11.5 Å². The van der Waals surface area contributed by atoms with E-state index in [1.54, 1.807) is 12.1 Å². The molecule has 2 aromatic carbocycles. The predicted octanol–water partition coefficient (Wildman–Crippen LogP) is 2.97. The number of methoxy groups -OCH3 is 2. The highest BCUT2D eigenvalue weighted by molar-refractivity contribution is 6.32. The molecule has 0 aliphatic rings. The van der Waals surface area contributed by atoms with Crippen molar-refractivity contribution in [1.82, 2.24) is 5.32 Å². The Labute approximate surface area is 179 Å². The molecule has 0 fully saturated rings. The number of anilines is 1. The van der Waals surface area contributed by atoms with Crippen LogP contribution in [0.4, 0.5) is 5.69 Å². The molecule has 0 aromatic heterocycles. The third-order valence-electron chi connectivity index (χ3n) is 4.12. The van der Waals surface area contributed by atoms with Gasteiger partial charge in [0.25, 0.3) is 11.8 Å². The lowest BCUT2D eigenvalue weighted by atomic mass is 10.1. The summed E-state index contributed by atoms with van der Waals surface area (Å²) in [4.78, 5) is 36.0. The van der Waals surface area contributed by atoms with Gasteiger partial charge in [-0.15, -0.1) is 0 Å². The SMILES string of the molecule is COc1cc(NC(=O)COC(=O)CCNC(=O)c2ccccc2C)c(OC)cc1Cl. The van der Waals surface area contributed by atoms with Gasteiger partial charge in [-0.1, -0.05) is 29.8 Å². The van der Waals surface area contributed by atoms with Gasteiger partial charge in [-0.25, -0.2) is 0 Å². The predicted molar refractivity (Wildman–Crippen MR) is 112 cm³/mol. The standard InChI is InChI=1S/C21H23ClN2O6/c1-13-6-4-5-7-14(13)21(27)23-9-8-20(26)30-12-19(25)24-16-11-17(28-2)15(22)10-18(16)29-3/h4-7,10-11H,8-9,12H2,1-3H3,(H,23,27)(H,24,25). The highest BCUT2D eigenvalue weighted by Gasteiger charge is 2.14. The molecule has 0 atom stereocenters. The van der Waals surface area contributed by atoms with Gasteiger partial charge in [0.2, 0.25) is 0 Å². The Hall–Kier alpha value is -3.26. The Morgan fingerprint density at radius 3 is 2.40 bits per heavy atom. The lowest BCUT2D eigenvalue weighted by Gasteiger charge is -2.13. The van der Waals surface area contributed by atoms with Crippen LogP contribution in [0.3, 0.4) is 0 Å². The summed E-state index contributed by atoms with van der Waals surface area (Å²) in [7, 11) is 2.87. The van der Waals surface area contributed by atoms with Crippen LogP contribution in [0.5, 0.6) is 11.5 Å². The fraction of sp³-hybridized carbons (Fsp3) is 0.286. The second-order valence-corrected chi connectivity index (χ2v) is 6.62. The van der Waals surface area contributed by atoms with Gasteiger partial charge in [0.05, 0.1) is 31.4 Å². The number of benzene rings is 2. The fourth-order valence-corrected chi connectivity index (χ4v) is 2.79. The molecular weight excluding hydrogens is 412 g/mol. The minimum absolute atomic E-state index is 0.0665. The summed E-state index contributed by atoms with van der Waals surface area (Å²) in [5, 5.41) is 5.54. The monoisotopic (exact) mass is 434 g/mol. The Kier molecular flexibility index (Phi) is 8.49. The number of esters is 1. The molecule has 2 aromatic rings. The molecule has 8 nitrogen and oxygen atoms in total. The number of ether oxygens (including phenoxy) is 3. The second kappa shape index (κ2) is 11.1. The minimum Gasteiger partial charge on any atom is -0.495 e. The van der Waals surface area contributed by atoms with E-state index in [1.165, 1.54) is 26.4 Å². The van der Waals surface area contributed by atoms with Gasteiger partial charge in [0.1, 0.15) is 11.5 Å². The van der Waals surface area contributed by atoms with Crippen LogP contribution >= 0.6 is 11.6 Å². The smallest absolute Gasteiger partial charge is 0.308 e. The number of rotatable bonds is 9. The third kappa shape index (κ3) is 6.38. The average molecular weight is 435 g/mol. The number of hydrogen-bond donors (Lipinski definition) is 2. The number of nitrogens with one attached hydrogen (secondary N) is 2. The van der Waals surface area contributed by atoms with Gasteiger partial charge >= 0.3 is 5.97 Å². The van der Waals surface area contributed by atoms with Crippen LogP contribution in [0.1, 0.15) is 22.3 Å². The molecule has 0 spiro atoms. The molecule has 0 radical (unpaired) electrons. The number of carbonyl (C=O) groups is 3. The fourth-order valence-electron chi connectivity index (χ4n) is 2.56. The average Bonchev–Trinajstić information content (AvgIpc) is 2.73. The molecule has 0 aliphatic heterocycles. The van der Waals surface area contributed by atoms with Crippen molar-refractivity contribution >= 4 is 35.1 Å². The molecule has 30 heavy (non-hydrogen) atoms. The van der Waals surface area contributed by atoms with Crippen molar-refractivity contribution in [2.24, 2.45) is 0 Å². The molecular formula is C21H23ClN2O6. The Morgan fingerprint density at radius 1 is 1.03 bits per heavy atom. The van der Waals surface area contributed by atoms with Crippen molar-refractivity contribution in [1.29, 1.82) is 0 Å². The number of halogens is 1. The Balaban J connectivity index is 1.79. The topological polar surface area (TPSA) is 103 Å². The Morgan fingerprint density at radius 2 is 1.73 bits per heavy atom. The zero-order valence-corrected chi connectivity index (χ0v) is 17.7. The van der Waals surface area contributed by atoms with Gasteiger partial charge in [-0.2, -0.15) is 0 Å². The van der Waals surface area contributed by atoms with E-state index in [9.17, 15) is 14.4 Å². The summed E-state index contributed by atoms with van der Waals surface area (Å²) < 4.78 is 15.2. The van der Waals surface area contributed by atoms with Gasteiger partial charge < -0.3 is 24.8 Å². The van der Waals surface area contributed by atoms with E-state index < -0.39 is 18.5 Å². The minimum atomic E-state index is -0.615. The molecule has 0 saturated carbocycles. The molecule has 0 aliphatic carbocycles. The molecule has 0 heterocycles. The van der Waals surface area contributed by atoms with Crippen LogP contribution in [0.2, 0.25) is 5.02 Å². The van der Waals surface area contributed by atoms with Crippen molar-refractivity contribution in [2.75, 3.05) is 32.7 Å². The highest BCUT2D eigenvalue weighted by atomic mass is 35.5. The van der Waals surface area contributed by atoms with E-state index in [2.05, 4.69) is 10.6 Å². The van der Waals surface area contributed by atoms with E-state index in [1.807, 2.05) is 19.1 Å². The maximum atomic E-state index is 12.1. The molecule has 160 valence electrons. The summed E-state index contributed by atoms with van der Waals surface area (Å²) in [6.45, 7) is 1.43. The third-order valence-corrected chi connectivity index (χ3v) is 4.41. The highest BCUT2D eigenvalue weighted by Crippen LogP contribution is 2.35. The molecule has 0 unspecified atom stereocenters. The quantitative estimate of drug-likeness (QED) is 0.588. The first kappa shape index (κ1) is 23.0. The maximum absolute atomic E-state index is 12.1. The first-order valence-corrected chi connectivity index (χ1v) is 9.44. The van der Waals surface area contributed by atoms with Gasteiger partial charge in [-0.05, 0) is 18.6 Å². The summed E-state index contributed by atoms with van der Waals surface area (Å²) in [5.41, 5.74) is 1.70. The van der Waals surface area contributed by atoms with Crippen LogP contribution in [0.15, 0.2) is 36.4 Å². The lowest BCUT2D eigenvalue weighted by Crippen LogP contribution is -2.28. The summed E-state index contributed by atoms with van der Waals surface area (Å²) >= 11 is 6.02. The van der Waals surface area contributed by atoms with Crippen molar-refractivity contribution in [3.63, 3.8) is 0 Å². The van der Waals surface area contributed by atoms with Gasteiger partial charge in [0.15, 0.2) is 6.61 Å². The summed E-state index contributed by atoms with van der Waals surface area (Å²) in [6.07, 6.45) is -0.0665. The second-order valence-electron chi connectivity index (χ2n) is 6.22. The van der Waals surface area contributed by atoms with Gasteiger partial charge in [-0.3, -0.25) is 14.4 Å². The molecule has 0 bridgehead atoms. The largest absolute Gasteiger partial charge is 0.495 e. The maximum Gasteiger partial charge on any atom is 0.308 e. The van der Waals surface area contributed by atoms with E-state index >= 15 is 0 Å². The zero-order chi connectivity index (χ0) is 22.1. The summed E-state index contributed by atoms with van der Waals surface area (Å²) in [5.74, 6) is -0.762. The molecule has 2 N–H and O–H groups in total. The first-order chi connectivity index (χ1) is 14.3. The van der Waals surface area contributed by atoms with Gasteiger partial charge in [0, 0.05) is 24.2 Å². The van der Waals surface area contributed by atoms with Crippen LogP contribution in [0.25, 0.3) is 0 Å². The first-order valence-electron chi connectivity index (χ1n) is 9.06. The van der Waals surface area contributed by atoms with Crippen LogP contribution < -0.4 is 20.1 Å². The van der Waals surface area contributed by atoms with Crippen LogP contribution in [-0.4, -0.2) is 45.2 Å². The van der Waals surface area contributed by atoms with Crippen molar-refractivity contribution in [2.45, 2.75) is 13.3 Å². The van der Waals surface area contributed by atoms with Crippen LogP contribution in [-0.2, 0) is 14.3 Å². The summed E-state index contributed by atoms with van der Waals surface area (Å²) in [6, 6.07) is 10.1. The number of amides is 2. The number of hydrogen-bond acceptors (Lipinski definition) is 6. The van der Waals surface area contributed by atoms with Crippen molar-refractivity contribution in [3.05, 3.63) is 52.5 Å². The van der Waals surface area contributed by atoms with Crippen LogP contribution in [0, 0.1) is 6.92 Å². The number of carbonyl (C=O) groups excluding carboxylic acids is 3. The van der Waals surface area contributed by atoms with E-state index in [0.717, 1.165) is 5.56 Å². The Bertz CT molecular complexity index is 932. The van der Waals surface area contributed by atoms with Crippen molar-refractivity contribution < 1.29 is 28.6 Å². The normalized spacial score (nSPS) is 10.1. The molecule has 2 rings (SSSR count). The molecule has 0 saturated heterocycles. The zero-order valence-electron chi connectivity index (χ0n) is 16.9. The van der Waals surface area contributed by atoms with E-state index in [-0.39, 0.29) is 18.9 Å². The number of aryl methyl sites for hydroxylation is 1. The molecule has 9 heteroatoms. The van der Waals surface area contributed by atoms with E-state index in [4.69, 9.17) is 25.8 Å². The molecule has 2 amide bonds. The lowest BCUT2D eigenvalue weighted by molar-refractivity contribution is -0.147. The van der Waals surface area contributed by atoms with E-state index in [0.29, 0.717) is 27.8 Å².